The first kappa shape index (κ1) is 56.0. The molecular weight excluding hydrogens is 751 g/mol. The van der Waals surface area contributed by atoms with E-state index in [4.69, 9.17) is 14.2 Å². The minimum Gasteiger partial charge on any atom is -0.477 e. The fourth-order valence-electron chi connectivity index (χ4n) is 5.94. The zero-order valence-corrected chi connectivity index (χ0v) is 38.4. The van der Waals surface area contributed by atoms with E-state index in [1.165, 1.54) is 25.7 Å². The molecule has 1 N–H and O–H groups in total. The van der Waals surface area contributed by atoms with Crippen LogP contribution in [0.2, 0.25) is 0 Å². The van der Waals surface area contributed by atoms with E-state index >= 15 is 0 Å². The highest BCUT2D eigenvalue weighted by Gasteiger charge is 2.31. The van der Waals surface area contributed by atoms with Crippen molar-refractivity contribution in [3.8, 4) is 0 Å². The number of rotatable bonds is 39. The second kappa shape index (κ2) is 41.7. The number of aliphatic carboxylic acids is 1. The Morgan fingerprint density at radius 2 is 1.00 bits per heavy atom. The smallest absolute Gasteiger partial charge is 0.362 e. The fourth-order valence-corrected chi connectivity index (χ4v) is 5.94. The lowest BCUT2D eigenvalue weighted by Gasteiger charge is -2.31. The number of ether oxygens (including phenoxy) is 3. The quantitative estimate of drug-likeness (QED) is 0.0216. The van der Waals surface area contributed by atoms with Gasteiger partial charge in [0.25, 0.3) is 0 Å². The van der Waals surface area contributed by atoms with Crippen LogP contribution in [0.25, 0.3) is 0 Å². The van der Waals surface area contributed by atoms with E-state index in [0.717, 1.165) is 83.5 Å². The summed E-state index contributed by atoms with van der Waals surface area (Å²) in [4.78, 5) is 37.0. The minimum absolute atomic E-state index is 0.0277. The molecule has 8 heteroatoms. The van der Waals surface area contributed by atoms with Crippen LogP contribution in [-0.4, -0.2) is 80.6 Å². The van der Waals surface area contributed by atoms with E-state index in [2.05, 4.69) is 92.8 Å². The zero-order chi connectivity index (χ0) is 44.2. The lowest BCUT2D eigenvalue weighted by Crippen LogP contribution is -2.50. The lowest BCUT2D eigenvalue weighted by atomic mass is 10.1. The van der Waals surface area contributed by atoms with Gasteiger partial charge in [-0.1, -0.05) is 155 Å². The molecule has 338 valence electrons. The fraction of sp³-hybridized carbons (Fsp3) is 0.596. The number of carbonyl (C=O) groups excluding carboxylic acids is 2. The molecule has 2 unspecified atom stereocenters. The molecule has 0 bridgehead atoms. The molecule has 0 heterocycles. The number of carboxylic acid groups (broad SMARTS) is 1. The van der Waals surface area contributed by atoms with Gasteiger partial charge in [0.2, 0.25) is 0 Å². The molecule has 0 amide bonds. The van der Waals surface area contributed by atoms with Gasteiger partial charge in [-0.2, -0.15) is 0 Å². The van der Waals surface area contributed by atoms with Gasteiger partial charge in [0.15, 0.2) is 12.1 Å². The minimum atomic E-state index is -0.891. The molecule has 0 saturated carbocycles. The van der Waals surface area contributed by atoms with Crippen molar-refractivity contribution in [2.24, 2.45) is 0 Å². The predicted molar refractivity (Wildman–Crippen MR) is 252 cm³/mol. The van der Waals surface area contributed by atoms with Gasteiger partial charge in [-0.15, -0.1) is 0 Å². The molecule has 0 saturated heterocycles. The van der Waals surface area contributed by atoms with E-state index in [9.17, 15) is 19.5 Å². The average Bonchev–Trinajstić information content (AvgIpc) is 3.21. The number of carbonyl (C=O) groups is 3. The first-order valence-corrected chi connectivity index (χ1v) is 23.0. The van der Waals surface area contributed by atoms with Gasteiger partial charge in [0.05, 0.1) is 34.4 Å². The molecule has 0 fully saturated rings. The molecule has 0 aromatic rings. The van der Waals surface area contributed by atoms with Crippen LogP contribution >= 0.6 is 0 Å². The number of allylic oxidation sites excluding steroid dienone is 18. The Morgan fingerprint density at radius 1 is 0.533 bits per heavy atom. The SMILES string of the molecule is CC/C=C/C=C/C=C/C=C/CCCCCCCC(=O)OCC(COCCC(C(=O)O)[N+](C)(C)C)OC(=O)CCCC/C=C/C/C=C/C/C=C/C/C=C/C/C=C/CCCCC. The predicted octanol–water partition coefficient (Wildman–Crippen LogP) is 12.9. The van der Waals surface area contributed by atoms with Crippen molar-refractivity contribution >= 4 is 17.9 Å². The van der Waals surface area contributed by atoms with Gasteiger partial charge < -0.3 is 23.8 Å². The van der Waals surface area contributed by atoms with Crippen molar-refractivity contribution in [1.82, 2.24) is 0 Å². The molecule has 0 aliphatic carbocycles. The van der Waals surface area contributed by atoms with Crippen molar-refractivity contribution in [3.05, 3.63) is 109 Å². The topological polar surface area (TPSA) is 99.1 Å². The van der Waals surface area contributed by atoms with Crippen molar-refractivity contribution in [1.29, 1.82) is 0 Å². The molecule has 0 aliphatic heterocycles. The van der Waals surface area contributed by atoms with Crippen LogP contribution in [0.5, 0.6) is 0 Å². The number of unbranched alkanes of at least 4 members (excludes halogenated alkanes) is 10. The standard InChI is InChI=1S/C52H83NO7/c1-6-8-10-12-14-16-18-20-22-23-24-25-26-27-29-31-33-35-37-39-41-43-51(55)60-48(46-58-45-44-49(52(56)57)53(3,4)5)47-59-50(54)42-40-38-36-34-32-30-28-21-19-17-15-13-11-9-7-2/h9,11,13-17,19-22,24-25,27-29,33,35,48-49H,6-8,10,12,18,23,26,30-32,34,36-47H2,1-5H3/p+1/b11-9+,15-13+,16-14+,19-17+,22-20+,25-24+,28-21+,29-27+,35-33+. The molecule has 0 radical (unpaired) electrons. The highest BCUT2D eigenvalue weighted by Crippen LogP contribution is 2.12. The number of nitrogens with zero attached hydrogens (tertiary/aromatic N) is 1. The second-order valence-electron chi connectivity index (χ2n) is 16.0. The van der Waals surface area contributed by atoms with Crippen LogP contribution < -0.4 is 0 Å². The van der Waals surface area contributed by atoms with Crippen LogP contribution in [-0.2, 0) is 28.6 Å². The number of esters is 2. The third-order valence-electron chi connectivity index (χ3n) is 9.50. The van der Waals surface area contributed by atoms with Crippen molar-refractivity contribution < 1.29 is 38.2 Å². The number of hydrogen-bond donors (Lipinski definition) is 1. The Bertz CT molecular complexity index is 1340. The summed E-state index contributed by atoms with van der Waals surface area (Å²) >= 11 is 0. The second-order valence-corrected chi connectivity index (χ2v) is 16.0. The van der Waals surface area contributed by atoms with E-state index in [1.807, 2.05) is 51.5 Å². The summed E-state index contributed by atoms with van der Waals surface area (Å²) in [5.74, 6) is -1.57. The summed E-state index contributed by atoms with van der Waals surface area (Å²) in [7, 11) is 5.49. The van der Waals surface area contributed by atoms with Gasteiger partial charge in [-0.3, -0.25) is 9.59 Å². The Kier molecular flexibility index (Phi) is 38.9. The van der Waals surface area contributed by atoms with Crippen LogP contribution in [0.3, 0.4) is 0 Å². The Hall–Kier alpha value is -4.01. The maximum atomic E-state index is 12.7. The summed E-state index contributed by atoms with van der Waals surface area (Å²) in [6, 6.07) is -0.634. The van der Waals surface area contributed by atoms with Gasteiger partial charge in [-0.05, 0) is 83.5 Å². The maximum absolute atomic E-state index is 12.7. The third kappa shape index (κ3) is 39.5. The average molecular weight is 835 g/mol. The molecular formula is C52H84NO7+. The van der Waals surface area contributed by atoms with Crippen molar-refractivity contribution in [2.75, 3.05) is 41.0 Å². The van der Waals surface area contributed by atoms with E-state index in [-0.39, 0.29) is 42.7 Å². The summed E-state index contributed by atoms with van der Waals surface area (Å²) in [5.41, 5.74) is 0. The van der Waals surface area contributed by atoms with Crippen LogP contribution in [0, 0.1) is 0 Å². The largest absolute Gasteiger partial charge is 0.477 e. The molecule has 0 aromatic heterocycles. The molecule has 2 atom stereocenters. The number of quaternary nitrogens is 1. The highest BCUT2D eigenvalue weighted by molar-refractivity contribution is 5.72. The molecule has 60 heavy (non-hydrogen) atoms. The summed E-state index contributed by atoms with van der Waals surface area (Å²) < 4.78 is 17.2. The summed E-state index contributed by atoms with van der Waals surface area (Å²) in [6.07, 6.45) is 57.0. The zero-order valence-electron chi connectivity index (χ0n) is 38.4. The van der Waals surface area contributed by atoms with Crippen LogP contribution in [0.1, 0.15) is 149 Å². The number of hydrogen-bond acceptors (Lipinski definition) is 6. The maximum Gasteiger partial charge on any atom is 0.362 e. The Labute approximate surface area is 366 Å². The normalized spacial score (nSPS) is 13.9. The lowest BCUT2D eigenvalue weighted by molar-refractivity contribution is -0.887. The Balaban J connectivity index is 4.48. The van der Waals surface area contributed by atoms with E-state index in [0.29, 0.717) is 19.3 Å². The number of carboxylic acids is 1. The van der Waals surface area contributed by atoms with Gasteiger partial charge in [0, 0.05) is 19.3 Å². The van der Waals surface area contributed by atoms with Crippen molar-refractivity contribution in [2.45, 2.75) is 161 Å². The van der Waals surface area contributed by atoms with Gasteiger partial charge in [0.1, 0.15) is 6.61 Å². The molecule has 0 rings (SSSR count). The van der Waals surface area contributed by atoms with E-state index < -0.39 is 18.1 Å². The summed E-state index contributed by atoms with van der Waals surface area (Å²) in [5, 5.41) is 9.63. The number of likely N-dealkylation sites (N-methyl/N-ethyl adjacent to an activating group) is 1. The highest BCUT2D eigenvalue weighted by atomic mass is 16.6. The Morgan fingerprint density at radius 3 is 1.57 bits per heavy atom. The van der Waals surface area contributed by atoms with Crippen LogP contribution in [0.15, 0.2) is 109 Å². The van der Waals surface area contributed by atoms with E-state index in [1.54, 1.807) is 0 Å². The molecule has 0 aromatic carbocycles. The monoisotopic (exact) mass is 835 g/mol. The first-order chi connectivity index (χ1) is 29.1. The summed E-state index contributed by atoms with van der Waals surface area (Å²) in [6.45, 7) is 4.47. The molecule has 8 nitrogen and oxygen atoms in total. The van der Waals surface area contributed by atoms with Gasteiger partial charge in [-0.25, -0.2) is 4.79 Å². The van der Waals surface area contributed by atoms with Crippen LogP contribution in [0.4, 0.5) is 0 Å². The first-order valence-electron chi connectivity index (χ1n) is 23.0. The molecule has 0 spiro atoms. The van der Waals surface area contributed by atoms with Crippen molar-refractivity contribution in [3.63, 3.8) is 0 Å². The molecule has 0 aliphatic rings. The van der Waals surface area contributed by atoms with Gasteiger partial charge >= 0.3 is 17.9 Å². The third-order valence-corrected chi connectivity index (χ3v) is 9.50.